The topological polar surface area (TPSA) is 91.2 Å². The van der Waals surface area contributed by atoms with Gasteiger partial charge in [0, 0.05) is 25.7 Å². The first kappa shape index (κ1) is 25.9. The smallest absolute Gasteiger partial charge is 0.206 e. The van der Waals surface area contributed by atoms with Crippen molar-refractivity contribution >= 4 is 33.7 Å². The molecule has 3 rings (SSSR count). The number of rotatable bonds is 9. The summed E-state index contributed by atoms with van der Waals surface area (Å²) in [6.45, 7) is 7.61. The fraction of sp³-hybridized carbons (Fsp3) is 0.200. The fourth-order valence-corrected chi connectivity index (χ4v) is 3.24. The molecule has 0 aliphatic heterocycles. The zero-order valence-corrected chi connectivity index (χ0v) is 20.7. The maximum atomic E-state index is 10.2. The van der Waals surface area contributed by atoms with Crippen LogP contribution in [0.4, 0.5) is 0 Å². The lowest BCUT2D eigenvalue weighted by atomic mass is 10.1. The van der Waals surface area contributed by atoms with Gasteiger partial charge in [0.05, 0.1) is 16.4 Å². The highest BCUT2D eigenvalue weighted by Gasteiger charge is 2.11. The molecule has 1 aromatic heterocycles. The Hall–Kier alpha value is -3.36. The Morgan fingerprint density at radius 2 is 1.73 bits per heavy atom. The number of halogens is 1. The van der Waals surface area contributed by atoms with E-state index in [1.807, 2.05) is 36.9 Å². The first-order valence-corrected chi connectivity index (χ1v) is 11.2. The number of phenolic OH excluding ortho intramolecular Hbond substituents is 1. The van der Waals surface area contributed by atoms with Crippen LogP contribution in [0.2, 0.25) is 0 Å². The third kappa shape index (κ3) is 7.62. The molecule has 0 saturated heterocycles. The van der Waals surface area contributed by atoms with Crippen molar-refractivity contribution in [3.8, 4) is 5.75 Å². The summed E-state index contributed by atoms with van der Waals surface area (Å²) in [7, 11) is 3.50. The van der Waals surface area contributed by atoms with Crippen molar-refractivity contribution in [1.29, 1.82) is 0 Å². The Morgan fingerprint density at radius 1 is 1.12 bits per heavy atom. The summed E-state index contributed by atoms with van der Waals surface area (Å²) < 4.78 is 2.75. The Kier molecular flexibility index (Phi) is 10.4. The molecule has 1 amide bonds. The fourth-order valence-electron chi connectivity index (χ4n) is 2.98. The van der Waals surface area contributed by atoms with E-state index >= 15 is 0 Å². The minimum Gasteiger partial charge on any atom is -0.507 e. The van der Waals surface area contributed by atoms with Gasteiger partial charge in [-0.1, -0.05) is 49.0 Å². The number of phenols is 1. The highest BCUT2D eigenvalue weighted by Crippen LogP contribution is 2.26. The third-order valence-electron chi connectivity index (χ3n) is 4.73. The van der Waals surface area contributed by atoms with Crippen LogP contribution in [-0.4, -0.2) is 35.4 Å². The van der Waals surface area contributed by atoms with Crippen molar-refractivity contribution in [2.24, 2.45) is 0 Å². The van der Waals surface area contributed by atoms with Crippen LogP contribution in [0.15, 0.2) is 71.9 Å². The number of amides is 1. The van der Waals surface area contributed by atoms with Gasteiger partial charge >= 0.3 is 0 Å². The van der Waals surface area contributed by atoms with E-state index in [4.69, 9.17) is 4.79 Å². The number of carbonyl (C=O) groups is 1. The Balaban J connectivity index is 0.000000890. The third-order valence-corrected chi connectivity index (χ3v) is 5.51. The minimum atomic E-state index is 0.201. The van der Waals surface area contributed by atoms with Crippen molar-refractivity contribution < 1.29 is 9.90 Å². The summed E-state index contributed by atoms with van der Waals surface area (Å²) in [5, 5.41) is 23.5. The van der Waals surface area contributed by atoms with Gasteiger partial charge in [-0.3, -0.25) is 4.79 Å². The van der Waals surface area contributed by atoms with E-state index in [2.05, 4.69) is 67.8 Å². The first-order chi connectivity index (χ1) is 15.9. The van der Waals surface area contributed by atoms with Gasteiger partial charge in [-0.25, -0.2) is 4.68 Å². The summed E-state index contributed by atoms with van der Waals surface area (Å²) in [5.41, 5.74) is 4.76. The largest absolute Gasteiger partial charge is 0.507 e. The quantitative estimate of drug-likeness (QED) is 0.257. The van der Waals surface area contributed by atoms with Gasteiger partial charge < -0.3 is 21.1 Å². The molecule has 0 fully saturated rings. The number of carbonyl (C=O) groups excluding carboxylic acids is 1. The van der Waals surface area contributed by atoms with Crippen molar-refractivity contribution in [3.63, 3.8) is 0 Å². The van der Waals surface area contributed by atoms with Crippen LogP contribution in [0.3, 0.4) is 0 Å². The first-order valence-electron chi connectivity index (χ1n) is 10.4. The number of hydrogen-bond donors (Lipinski definition) is 4. The predicted octanol–water partition coefficient (Wildman–Crippen LogP) is 4.04. The molecule has 0 aliphatic carbocycles. The zero-order valence-electron chi connectivity index (χ0n) is 19.1. The molecule has 0 atom stereocenters. The molecule has 0 saturated carbocycles. The average Bonchev–Trinajstić information content (AvgIpc) is 3.16. The number of hydrogen-bond acceptors (Lipinski definition) is 5. The van der Waals surface area contributed by atoms with Crippen molar-refractivity contribution in [1.82, 2.24) is 25.7 Å². The molecular formula is C25H30BrN5O2. The summed E-state index contributed by atoms with van der Waals surface area (Å²) in [5.74, 6) is 0.979. The molecule has 0 bridgehead atoms. The van der Waals surface area contributed by atoms with Crippen LogP contribution in [-0.2, 0) is 17.9 Å². The average molecular weight is 512 g/mol. The number of aromatic hydroxyl groups is 1. The van der Waals surface area contributed by atoms with E-state index in [-0.39, 0.29) is 5.75 Å². The van der Waals surface area contributed by atoms with Gasteiger partial charge in [0.25, 0.3) is 0 Å². The molecule has 0 spiro atoms. The number of allylic oxidation sites excluding steroid dienone is 2. The number of nitrogens with one attached hydrogen (secondary N) is 3. The molecule has 0 unspecified atom stereocenters. The highest BCUT2D eigenvalue weighted by molar-refractivity contribution is 9.10. The van der Waals surface area contributed by atoms with Crippen LogP contribution >= 0.6 is 15.9 Å². The van der Waals surface area contributed by atoms with E-state index in [1.54, 1.807) is 25.4 Å². The summed E-state index contributed by atoms with van der Waals surface area (Å²) in [6.07, 6.45) is 4.29. The highest BCUT2D eigenvalue weighted by atomic mass is 79.9. The monoisotopic (exact) mass is 511 g/mol. The van der Waals surface area contributed by atoms with E-state index < -0.39 is 0 Å². The second-order valence-corrected chi connectivity index (χ2v) is 8.02. The molecule has 8 heteroatoms. The van der Waals surface area contributed by atoms with Gasteiger partial charge in [-0.05, 0) is 58.7 Å². The normalized spacial score (nSPS) is 10.7. The molecule has 7 nitrogen and oxygen atoms in total. The number of para-hydroxylation sites is 1. The number of aromatic nitrogens is 2. The van der Waals surface area contributed by atoms with Gasteiger partial charge in [0.1, 0.15) is 11.6 Å². The van der Waals surface area contributed by atoms with E-state index in [0.717, 1.165) is 28.1 Å². The predicted molar refractivity (Wildman–Crippen MR) is 137 cm³/mol. The lowest BCUT2D eigenvalue weighted by molar-refractivity contribution is -0.109. The molecular weight excluding hydrogens is 482 g/mol. The summed E-state index contributed by atoms with van der Waals surface area (Å²) in [6, 6.07) is 15.6. The van der Waals surface area contributed by atoms with Crippen LogP contribution in [0, 0.1) is 6.92 Å². The van der Waals surface area contributed by atoms with Crippen LogP contribution < -0.4 is 16.0 Å². The molecule has 33 heavy (non-hydrogen) atoms. The molecule has 174 valence electrons. The molecule has 4 N–H and O–H groups in total. The van der Waals surface area contributed by atoms with Gasteiger partial charge in [0.15, 0.2) is 0 Å². The van der Waals surface area contributed by atoms with E-state index in [1.165, 1.54) is 5.56 Å². The Labute approximate surface area is 203 Å². The maximum absolute atomic E-state index is 10.2. The van der Waals surface area contributed by atoms with Crippen molar-refractivity contribution in [2.45, 2.75) is 20.0 Å². The van der Waals surface area contributed by atoms with Gasteiger partial charge in [-0.2, -0.15) is 5.10 Å². The maximum Gasteiger partial charge on any atom is 0.206 e. The summed E-state index contributed by atoms with van der Waals surface area (Å²) in [4.78, 5) is 9.06. The van der Waals surface area contributed by atoms with Gasteiger partial charge in [-0.15, -0.1) is 0 Å². The second kappa shape index (κ2) is 13.2. The standard InChI is InChI=1S/C23H25BrN4O.C2H5NO/c1-16(20-6-4-5-7-22(20)29)12-23(28-17(2)21(24)15-27-28)26-14-19-10-8-18(9-11-19)13-25-3;1-3-2-4/h4-12,15,25-26,29H,1,13-14H2,2-3H3;2H,1H3,(H,3,4)/b23-12-;. The number of benzene rings is 2. The molecule has 0 radical (unpaired) electrons. The lowest BCUT2D eigenvalue weighted by Crippen LogP contribution is -2.19. The van der Waals surface area contributed by atoms with E-state index in [0.29, 0.717) is 24.1 Å². The molecule has 3 aromatic rings. The SMILES string of the molecule is C=C(/C=C(/NCc1ccc(CNC)cc1)n1ncc(Br)c1C)c1ccccc1O.CNC=O. The lowest BCUT2D eigenvalue weighted by Gasteiger charge is -2.15. The summed E-state index contributed by atoms with van der Waals surface area (Å²) >= 11 is 3.52. The zero-order chi connectivity index (χ0) is 24.2. The molecule has 2 aromatic carbocycles. The van der Waals surface area contributed by atoms with E-state index in [9.17, 15) is 5.11 Å². The van der Waals surface area contributed by atoms with Crippen LogP contribution in [0.5, 0.6) is 5.75 Å². The number of nitrogens with zero attached hydrogens (tertiary/aromatic N) is 2. The minimum absolute atomic E-state index is 0.201. The molecule has 1 heterocycles. The molecule has 0 aliphatic rings. The van der Waals surface area contributed by atoms with Crippen molar-refractivity contribution in [2.75, 3.05) is 14.1 Å². The van der Waals surface area contributed by atoms with Crippen LogP contribution in [0.1, 0.15) is 22.4 Å². The second-order valence-electron chi connectivity index (χ2n) is 7.17. The Bertz CT molecular complexity index is 1090. The van der Waals surface area contributed by atoms with Crippen LogP contribution in [0.25, 0.3) is 11.4 Å². The van der Waals surface area contributed by atoms with Gasteiger partial charge in [0.2, 0.25) is 6.41 Å². The van der Waals surface area contributed by atoms with Crippen molar-refractivity contribution in [3.05, 3.63) is 94.2 Å². The Morgan fingerprint density at radius 3 is 2.24 bits per heavy atom.